The number of hydrogen-bond acceptors (Lipinski definition) is 7. The summed E-state index contributed by atoms with van der Waals surface area (Å²) in [4.78, 5) is 4.49. The molecule has 0 atom stereocenters. The topological polar surface area (TPSA) is 86.2 Å². The Kier molecular flexibility index (Phi) is 7.47. The van der Waals surface area contributed by atoms with Gasteiger partial charge in [0.2, 0.25) is 5.88 Å². The van der Waals surface area contributed by atoms with E-state index < -0.39 is 0 Å². The Hall–Kier alpha value is -4.41. The highest BCUT2D eigenvalue weighted by Gasteiger charge is 2.23. The van der Waals surface area contributed by atoms with E-state index in [2.05, 4.69) is 11.1 Å². The van der Waals surface area contributed by atoms with Gasteiger partial charge in [0.25, 0.3) is 0 Å². The molecule has 0 unspecified atom stereocenters. The minimum atomic E-state index is 0.153. The summed E-state index contributed by atoms with van der Waals surface area (Å²) in [6.07, 6.45) is 1.53. The molecule has 1 heterocycles. The molecule has 0 N–H and O–H groups in total. The van der Waals surface area contributed by atoms with Gasteiger partial charge in [-0.25, -0.2) is 4.99 Å². The third-order valence-corrected chi connectivity index (χ3v) is 5.88. The molecule has 182 valence electrons. The lowest BCUT2D eigenvalue weighted by Gasteiger charge is -2.09. The molecule has 36 heavy (non-hydrogen) atoms. The molecule has 4 rings (SSSR count). The van der Waals surface area contributed by atoms with Crippen molar-refractivity contribution < 1.29 is 23.4 Å². The molecule has 0 fully saturated rings. The number of methoxy groups -OCH3 is 4. The average Bonchev–Trinajstić information content (AvgIpc) is 3.30. The molecule has 0 spiro atoms. The van der Waals surface area contributed by atoms with Crippen LogP contribution in [0, 0.1) is 11.3 Å². The summed E-state index contributed by atoms with van der Waals surface area (Å²) in [5.74, 6) is 3.07. The number of ether oxygens (including phenoxy) is 4. The Morgan fingerprint density at radius 2 is 1.36 bits per heavy atom. The molecule has 0 aliphatic carbocycles. The van der Waals surface area contributed by atoms with Crippen molar-refractivity contribution in [2.45, 2.75) is 0 Å². The van der Waals surface area contributed by atoms with E-state index in [1.165, 1.54) is 20.4 Å². The lowest BCUT2D eigenvalue weighted by molar-refractivity contribution is 0.355. The van der Waals surface area contributed by atoms with E-state index >= 15 is 0 Å². The van der Waals surface area contributed by atoms with Crippen molar-refractivity contribution in [3.63, 3.8) is 0 Å². The Bertz CT molecular complexity index is 1440. The highest BCUT2D eigenvalue weighted by Crippen LogP contribution is 2.43. The van der Waals surface area contributed by atoms with Gasteiger partial charge in [-0.2, -0.15) is 5.26 Å². The van der Waals surface area contributed by atoms with Crippen LogP contribution >= 0.6 is 11.6 Å². The number of halogens is 1. The molecule has 0 aliphatic heterocycles. The van der Waals surface area contributed by atoms with Crippen LogP contribution in [0.25, 0.3) is 22.5 Å². The lowest BCUT2D eigenvalue weighted by atomic mass is 9.98. The van der Waals surface area contributed by atoms with Crippen LogP contribution in [0.1, 0.15) is 11.1 Å². The maximum Gasteiger partial charge on any atom is 0.238 e. The van der Waals surface area contributed by atoms with Crippen LogP contribution < -0.4 is 18.9 Å². The van der Waals surface area contributed by atoms with E-state index in [0.29, 0.717) is 50.5 Å². The van der Waals surface area contributed by atoms with E-state index in [1.807, 2.05) is 48.5 Å². The van der Waals surface area contributed by atoms with Gasteiger partial charge >= 0.3 is 0 Å². The second-order valence-electron chi connectivity index (χ2n) is 7.54. The number of aliphatic imine (C=N–C) groups is 1. The van der Waals surface area contributed by atoms with Crippen molar-refractivity contribution in [2.75, 3.05) is 28.4 Å². The first-order chi connectivity index (χ1) is 17.5. The molecule has 0 amide bonds. The summed E-state index contributed by atoms with van der Waals surface area (Å²) >= 11 is 6.42. The Morgan fingerprint density at radius 1 is 0.806 bits per heavy atom. The van der Waals surface area contributed by atoms with E-state index in [0.717, 1.165) is 11.1 Å². The largest absolute Gasteiger partial charge is 0.497 e. The average molecular weight is 503 g/mol. The van der Waals surface area contributed by atoms with Crippen LogP contribution in [0.15, 0.2) is 70.1 Å². The van der Waals surface area contributed by atoms with Crippen molar-refractivity contribution in [1.29, 1.82) is 5.26 Å². The standard InChI is InChI=1S/C28H23ClN2O5/c1-32-20-9-5-17(6-10-20)26-22(15-30)28(36-27(26)18-7-11-21(33-2)12-8-18)31-16-19-13-24(34-3)25(35-4)14-23(19)29/h5-14,16H,1-4H3. The molecule has 0 saturated heterocycles. The van der Waals surface area contributed by atoms with Gasteiger partial charge in [-0.15, -0.1) is 0 Å². The quantitative estimate of drug-likeness (QED) is 0.243. The molecular formula is C28H23ClN2O5. The normalized spacial score (nSPS) is 10.8. The van der Waals surface area contributed by atoms with Gasteiger partial charge in [0.1, 0.15) is 28.9 Å². The predicted octanol–water partition coefficient (Wildman–Crippen LogP) is 6.92. The predicted molar refractivity (Wildman–Crippen MR) is 139 cm³/mol. The maximum atomic E-state index is 10.1. The van der Waals surface area contributed by atoms with Crippen molar-refractivity contribution >= 4 is 23.7 Å². The monoisotopic (exact) mass is 502 g/mol. The summed E-state index contributed by atoms with van der Waals surface area (Å²) in [6.45, 7) is 0. The molecule has 4 aromatic rings. The first kappa shape index (κ1) is 24.7. The van der Waals surface area contributed by atoms with Crippen LogP contribution in [-0.4, -0.2) is 34.7 Å². The second-order valence-corrected chi connectivity index (χ2v) is 7.95. The summed E-state index contributed by atoms with van der Waals surface area (Å²) in [5, 5.41) is 10.5. The van der Waals surface area contributed by atoms with Crippen molar-refractivity contribution in [3.05, 3.63) is 76.8 Å². The zero-order valence-corrected chi connectivity index (χ0v) is 20.9. The van der Waals surface area contributed by atoms with Crippen LogP contribution in [0.2, 0.25) is 5.02 Å². The van der Waals surface area contributed by atoms with E-state index in [4.69, 9.17) is 35.0 Å². The number of furan rings is 1. The van der Waals surface area contributed by atoms with Crippen LogP contribution in [0.4, 0.5) is 5.88 Å². The number of nitrogens with zero attached hydrogens (tertiary/aromatic N) is 2. The van der Waals surface area contributed by atoms with Gasteiger partial charge in [-0.1, -0.05) is 23.7 Å². The summed E-state index contributed by atoms with van der Waals surface area (Å²) < 4.78 is 27.4. The highest BCUT2D eigenvalue weighted by molar-refractivity contribution is 6.33. The Labute approximate surface area is 214 Å². The van der Waals surface area contributed by atoms with Crippen LogP contribution in [0.5, 0.6) is 23.0 Å². The summed E-state index contributed by atoms with van der Waals surface area (Å²) in [7, 11) is 6.27. The third-order valence-electron chi connectivity index (χ3n) is 5.56. The maximum absolute atomic E-state index is 10.1. The molecule has 3 aromatic carbocycles. The molecule has 0 saturated carbocycles. The fraction of sp³-hybridized carbons (Fsp3) is 0.143. The van der Waals surface area contributed by atoms with Crippen LogP contribution in [0.3, 0.4) is 0 Å². The van der Waals surface area contributed by atoms with Gasteiger partial charge < -0.3 is 23.4 Å². The molecule has 8 heteroatoms. The van der Waals surface area contributed by atoms with Gasteiger partial charge in [0, 0.05) is 29.0 Å². The van der Waals surface area contributed by atoms with E-state index in [9.17, 15) is 5.26 Å². The Morgan fingerprint density at radius 3 is 1.89 bits per heavy atom. The van der Waals surface area contributed by atoms with Gasteiger partial charge in [-0.3, -0.25) is 0 Å². The molecule has 0 bridgehead atoms. The third kappa shape index (κ3) is 4.85. The SMILES string of the molecule is COc1ccc(-c2oc(N=Cc3cc(OC)c(OC)cc3Cl)c(C#N)c2-c2ccc(OC)cc2)cc1. The zero-order valence-electron chi connectivity index (χ0n) is 20.2. The number of hydrogen-bond donors (Lipinski definition) is 0. The van der Waals surface area contributed by atoms with Gasteiger partial charge in [0.15, 0.2) is 11.5 Å². The smallest absolute Gasteiger partial charge is 0.238 e. The lowest BCUT2D eigenvalue weighted by Crippen LogP contribution is -1.93. The van der Waals surface area contributed by atoms with Crippen molar-refractivity contribution in [2.24, 2.45) is 4.99 Å². The first-order valence-electron chi connectivity index (χ1n) is 10.8. The fourth-order valence-corrected chi connectivity index (χ4v) is 3.89. The highest BCUT2D eigenvalue weighted by atomic mass is 35.5. The van der Waals surface area contributed by atoms with Gasteiger partial charge in [-0.05, 0) is 48.0 Å². The molecule has 7 nitrogen and oxygen atoms in total. The molecule has 0 aliphatic rings. The van der Waals surface area contributed by atoms with Crippen molar-refractivity contribution in [3.8, 4) is 51.5 Å². The summed E-state index contributed by atoms with van der Waals surface area (Å²) in [5.41, 5.74) is 3.04. The fourth-order valence-electron chi connectivity index (χ4n) is 3.69. The van der Waals surface area contributed by atoms with Crippen LogP contribution in [-0.2, 0) is 0 Å². The molecular weight excluding hydrogens is 480 g/mol. The molecule has 1 aromatic heterocycles. The number of rotatable bonds is 8. The minimum absolute atomic E-state index is 0.153. The van der Waals surface area contributed by atoms with Gasteiger partial charge in [0.05, 0.1) is 33.5 Å². The van der Waals surface area contributed by atoms with E-state index in [-0.39, 0.29) is 5.88 Å². The first-order valence-corrected chi connectivity index (χ1v) is 11.2. The molecule has 0 radical (unpaired) electrons. The zero-order chi connectivity index (χ0) is 25.7. The Balaban J connectivity index is 1.86. The van der Waals surface area contributed by atoms with Crippen molar-refractivity contribution in [1.82, 2.24) is 0 Å². The van der Waals surface area contributed by atoms with E-state index in [1.54, 1.807) is 26.4 Å². The minimum Gasteiger partial charge on any atom is -0.497 e. The second kappa shape index (κ2) is 10.9. The summed E-state index contributed by atoms with van der Waals surface area (Å²) in [6, 6.07) is 20.4. The number of nitriles is 1. The number of benzene rings is 3.